The van der Waals surface area contributed by atoms with Crippen molar-refractivity contribution in [3.05, 3.63) is 29.8 Å². The van der Waals surface area contributed by atoms with Crippen LogP contribution in [0, 0.1) is 0 Å². The molecular formula is C12H16N2O2S. The Morgan fingerprint density at radius 1 is 1.53 bits per heavy atom. The lowest BCUT2D eigenvalue weighted by Crippen LogP contribution is -2.18. The first-order chi connectivity index (χ1) is 8.13. The molecule has 0 aromatic heterocycles. The number of hydrogen-bond acceptors (Lipinski definition) is 3. The molecule has 0 aliphatic rings. The van der Waals surface area contributed by atoms with E-state index in [0.717, 1.165) is 5.56 Å². The van der Waals surface area contributed by atoms with Gasteiger partial charge in [0.2, 0.25) is 5.91 Å². The number of carbonyl (C=O) groups excluding carboxylic acids is 1. The van der Waals surface area contributed by atoms with Gasteiger partial charge in [0.1, 0.15) is 10.7 Å². The van der Waals surface area contributed by atoms with Crippen molar-refractivity contribution < 1.29 is 9.53 Å². The zero-order valence-corrected chi connectivity index (χ0v) is 10.5. The fourth-order valence-corrected chi connectivity index (χ4v) is 1.41. The van der Waals surface area contributed by atoms with Gasteiger partial charge in [-0.1, -0.05) is 24.4 Å². The number of ether oxygens (including phenoxy) is 1. The smallest absolute Gasteiger partial charge is 0.219 e. The van der Waals surface area contributed by atoms with Crippen LogP contribution >= 0.6 is 12.2 Å². The molecule has 0 atom stereocenters. The second kappa shape index (κ2) is 6.85. The Morgan fingerprint density at radius 3 is 2.94 bits per heavy atom. The fourth-order valence-electron chi connectivity index (χ4n) is 1.29. The van der Waals surface area contributed by atoms with Crippen LogP contribution < -0.4 is 15.8 Å². The summed E-state index contributed by atoms with van der Waals surface area (Å²) in [5.74, 6) is 0.734. The Bertz CT molecular complexity index is 407. The van der Waals surface area contributed by atoms with Gasteiger partial charge in [-0.2, -0.15) is 0 Å². The summed E-state index contributed by atoms with van der Waals surface area (Å²) in [5, 5.41) is 2.56. The molecule has 3 N–H and O–H groups in total. The molecule has 1 rings (SSSR count). The van der Waals surface area contributed by atoms with Crippen LogP contribution in [0.25, 0.3) is 0 Å². The molecule has 0 heterocycles. The van der Waals surface area contributed by atoms with E-state index in [1.165, 1.54) is 0 Å². The average Bonchev–Trinajstić information content (AvgIpc) is 2.34. The van der Waals surface area contributed by atoms with E-state index in [9.17, 15) is 4.79 Å². The van der Waals surface area contributed by atoms with E-state index in [-0.39, 0.29) is 5.91 Å². The Kier molecular flexibility index (Phi) is 5.42. The average molecular weight is 252 g/mol. The molecule has 0 unspecified atom stereocenters. The molecule has 0 fully saturated rings. The zero-order valence-electron chi connectivity index (χ0n) is 9.73. The molecule has 17 heavy (non-hydrogen) atoms. The van der Waals surface area contributed by atoms with Gasteiger partial charge in [0, 0.05) is 19.0 Å². The maximum Gasteiger partial charge on any atom is 0.219 e. The van der Waals surface area contributed by atoms with Gasteiger partial charge in [0.15, 0.2) is 0 Å². The number of nitrogens with two attached hydrogens (primary N) is 1. The van der Waals surface area contributed by atoms with E-state index in [2.05, 4.69) is 5.32 Å². The van der Waals surface area contributed by atoms with Crippen LogP contribution in [0.1, 0.15) is 18.4 Å². The lowest BCUT2D eigenvalue weighted by molar-refractivity contribution is -0.120. The minimum atomic E-state index is 0.0190. The molecule has 0 bridgehead atoms. The first-order valence-electron chi connectivity index (χ1n) is 5.36. The zero-order chi connectivity index (χ0) is 12.7. The predicted octanol–water partition coefficient (Wildman–Crippen LogP) is 1.23. The van der Waals surface area contributed by atoms with Crippen LogP contribution in [-0.4, -0.2) is 24.6 Å². The molecule has 0 aliphatic carbocycles. The number of benzene rings is 1. The lowest BCUT2D eigenvalue weighted by Gasteiger charge is -2.07. The highest BCUT2D eigenvalue weighted by atomic mass is 32.1. The Morgan fingerprint density at radius 2 is 2.29 bits per heavy atom. The van der Waals surface area contributed by atoms with E-state index in [1.807, 2.05) is 18.2 Å². The van der Waals surface area contributed by atoms with Crippen molar-refractivity contribution in [3.63, 3.8) is 0 Å². The van der Waals surface area contributed by atoms with E-state index in [1.54, 1.807) is 13.1 Å². The van der Waals surface area contributed by atoms with Gasteiger partial charge in [0.05, 0.1) is 6.61 Å². The van der Waals surface area contributed by atoms with Gasteiger partial charge in [-0.15, -0.1) is 0 Å². The van der Waals surface area contributed by atoms with Crippen LogP contribution in [0.15, 0.2) is 24.3 Å². The van der Waals surface area contributed by atoms with Crippen molar-refractivity contribution in [3.8, 4) is 5.75 Å². The van der Waals surface area contributed by atoms with Crippen LogP contribution in [-0.2, 0) is 4.79 Å². The summed E-state index contributed by atoms with van der Waals surface area (Å²) in [6, 6.07) is 7.30. The Hall–Kier alpha value is -1.62. The number of thiocarbonyl (C=S) groups is 1. The second-order valence-corrected chi connectivity index (χ2v) is 3.96. The number of carbonyl (C=O) groups is 1. The van der Waals surface area contributed by atoms with Crippen molar-refractivity contribution in [2.75, 3.05) is 13.7 Å². The summed E-state index contributed by atoms with van der Waals surface area (Å²) >= 11 is 4.88. The fraction of sp³-hybridized carbons (Fsp3) is 0.333. The molecule has 1 aromatic carbocycles. The monoisotopic (exact) mass is 252 g/mol. The van der Waals surface area contributed by atoms with Crippen molar-refractivity contribution in [2.24, 2.45) is 5.73 Å². The Labute approximate surface area is 106 Å². The largest absolute Gasteiger partial charge is 0.494 e. The normalized spacial score (nSPS) is 9.71. The van der Waals surface area contributed by atoms with E-state index >= 15 is 0 Å². The number of rotatable bonds is 6. The highest BCUT2D eigenvalue weighted by Gasteiger charge is 2.00. The highest BCUT2D eigenvalue weighted by molar-refractivity contribution is 7.80. The summed E-state index contributed by atoms with van der Waals surface area (Å²) in [6.45, 7) is 0.494. The standard InChI is InChI=1S/C12H16N2O2S/c1-14-11(15)6-3-7-16-10-5-2-4-9(8-10)12(13)17/h2,4-5,8H,3,6-7H2,1H3,(H2,13,17)(H,14,15). The molecule has 0 radical (unpaired) electrons. The molecule has 4 nitrogen and oxygen atoms in total. The molecule has 1 aromatic rings. The van der Waals surface area contributed by atoms with Crippen molar-refractivity contribution in [1.82, 2.24) is 5.32 Å². The molecule has 0 aliphatic heterocycles. The van der Waals surface area contributed by atoms with E-state index in [0.29, 0.717) is 30.2 Å². The minimum absolute atomic E-state index is 0.0190. The van der Waals surface area contributed by atoms with Gasteiger partial charge < -0.3 is 15.8 Å². The highest BCUT2D eigenvalue weighted by Crippen LogP contribution is 2.13. The SMILES string of the molecule is CNC(=O)CCCOc1cccc(C(N)=S)c1. The van der Waals surface area contributed by atoms with Gasteiger partial charge in [-0.05, 0) is 18.6 Å². The molecule has 5 heteroatoms. The molecular weight excluding hydrogens is 236 g/mol. The number of amides is 1. The number of hydrogen-bond donors (Lipinski definition) is 2. The van der Waals surface area contributed by atoms with E-state index in [4.69, 9.17) is 22.7 Å². The van der Waals surface area contributed by atoms with Crippen molar-refractivity contribution in [2.45, 2.75) is 12.8 Å². The number of nitrogens with one attached hydrogen (secondary N) is 1. The van der Waals surface area contributed by atoms with Gasteiger partial charge in [-0.3, -0.25) is 4.79 Å². The van der Waals surface area contributed by atoms with Crippen molar-refractivity contribution in [1.29, 1.82) is 0 Å². The third-order valence-corrected chi connectivity index (χ3v) is 2.45. The van der Waals surface area contributed by atoms with Crippen LogP contribution in [0.2, 0.25) is 0 Å². The summed E-state index contributed by atoms with van der Waals surface area (Å²) in [6.07, 6.45) is 1.14. The quantitative estimate of drug-likeness (QED) is 0.590. The third-order valence-electron chi connectivity index (χ3n) is 2.21. The summed E-state index contributed by atoms with van der Waals surface area (Å²) in [4.78, 5) is 11.3. The van der Waals surface area contributed by atoms with Gasteiger partial charge in [-0.25, -0.2) is 0 Å². The predicted molar refractivity (Wildman–Crippen MR) is 71.1 cm³/mol. The topological polar surface area (TPSA) is 64.3 Å². The summed E-state index contributed by atoms with van der Waals surface area (Å²) in [5.41, 5.74) is 6.30. The first kappa shape index (κ1) is 13.4. The van der Waals surface area contributed by atoms with Crippen LogP contribution in [0.4, 0.5) is 0 Å². The maximum absolute atomic E-state index is 11.0. The molecule has 0 spiro atoms. The van der Waals surface area contributed by atoms with E-state index < -0.39 is 0 Å². The van der Waals surface area contributed by atoms with Crippen LogP contribution in [0.3, 0.4) is 0 Å². The molecule has 0 saturated heterocycles. The second-order valence-electron chi connectivity index (χ2n) is 3.52. The summed E-state index contributed by atoms with van der Waals surface area (Å²) in [7, 11) is 1.62. The van der Waals surface area contributed by atoms with Crippen LogP contribution in [0.5, 0.6) is 5.75 Å². The maximum atomic E-state index is 11.0. The lowest BCUT2D eigenvalue weighted by atomic mass is 10.2. The van der Waals surface area contributed by atoms with Gasteiger partial charge >= 0.3 is 0 Å². The Balaban J connectivity index is 2.39. The first-order valence-corrected chi connectivity index (χ1v) is 5.77. The van der Waals surface area contributed by atoms with Gasteiger partial charge in [0.25, 0.3) is 0 Å². The molecule has 0 saturated carbocycles. The minimum Gasteiger partial charge on any atom is -0.494 e. The van der Waals surface area contributed by atoms with Crippen molar-refractivity contribution >= 4 is 23.1 Å². The third kappa shape index (κ3) is 4.82. The molecule has 92 valence electrons. The summed E-state index contributed by atoms with van der Waals surface area (Å²) < 4.78 is 5.50. The molecule has 1 amide bonds.